The van der Waals surface area contributed by atoms with E-state index >= 15 is 0 Å². The predicted molar refractivity (Wildman–Crippen MR) is 81.5 cm³/mol. The number of aromatic nitrogens is 1. The summed E-state index contributed by atoms with van der Waals surface area (Å²) in [6, 6.07) is 3.70. The lowest BCUT2D eigenvalue weighted by molar-refractivity contribution is -0.132. The average Bonchev–Trinajstić information content (AvgIpc) is 2.47. The molecule has 110 valence electrons. The van der Waals surface area contributed by atoms with Gasteiger partial charge in [0.1, 0.15) is 0 Å². The number of piperazine rings is 1. The molecule has 2 N–H and O–H groups in total. The molecule has 1 amide bonds. The highest BCUT2D eigenvalue weighted by atomic mass is 16.2. The van der Waals surface area contributed by atoms with E-state index in [2.05, 4.69) is 23.7 Å². The number of hydrogen-bond acceptors (Lipinski definition) is 4. The van der Waals surface area contributed by atoms with Crippen molar-refractivity contribution < 1.29 is 4.79 Å². The zero-order valence-electron chi connectivity index (χ0n) is 12.4. The molecule has 1 aliphatic heterocycles. The first-order valence-electron chi connectivity index (χ1n) is 7.35. The topological polar surface area (TPSA) is 62.5 Å². The Morgan fingerprint density at radius 3 is 2.70 bits per heavy atom. The van der Waals surface area contributed by atoms with Crippen molar-refractivity contribution in [2.24, 2.45) is 5.92 Å². The third-order valence-corrected chi connectivity index (χ3v) is 3.97. The van der Waals surface area contributed by atoms with Crippen molar-refractivity contribution in [1.82, 2.24) is 9.88 Å². The van der Waals surface area contributed by atoms with Gasteiger partial charge in [-0.15, -0.1) is 0 Å². The molecule has 1 unspecified atom stereocenters. The van der Waals surface area contributed by atoms with E-state index in [9.17, 15) is 4.79 Å². The van der Waals surface area contributed by atoms with Crippen molar-refractivity contribution in [2.45, 2.75) is 26.7 Å². The number of carbonyl (C=O) groups excluding carboxylic acids is 1. The molecule has 2 rings (SSSR count). The number of nitrogen functional groups attached to an aromatic ring is 1. The van der Waals surface area contributed by atoms with E-state index in [1.54, 1.807) is 6.20 Å². The molecule has 0 bridgehead atoms. The standard InChI is InChI=1S/C15H24N4O/c1-3-12(2)11-14(20)18-7-9-19(10-8-18)15-13(16)5-4-6-17-15/h4-6,12H,3,7-11,16H2,1-2H3. The van der Waals surface area contributed by atoms with Crippen LogP contribution in [-0.2, 0) is 4.79 Å². The SMILES string of the molecule is CCC(C)CC(=O)N1CCN(c2ncccc2N)CC1. The van der Waals surface area contributed by atoms with Gasteiger partial charge in [0.25, 0.3) is 0 Å². The molecule has 0 saturated carbocycles. The average molecular weight is 276 g/mol. The van der Waals surface area contributed by atoms with Gasteiger partial charge >= 0.3 is 0 Å². The Morgan fingerprint density at radius 2 is 2.10 bits per heavy atom. The van der Waals surface area contributed by atoms with Crippen LogP contribution in [0.1, 0.15) is 26.7 Å². The van der Waals surface area contributed by atoms with E-state index in [0.29, 0.717) is 18.0 Å². The lowest BCUT2D eigenvalue weighted by Gasteiger charge is -2.36. The summed E-state index contributed by atoms with van der Waals surface area (Å²) in [5, 5.41) is 0. The molecule has 0 aliphatic carbocycles. The third-order valence-electron chi connectivity index (χ3n) is 3.97. The molecule has 2 heterocycles. The van der Waals surface area contributed by atoms with E-state index in [4.69, 9.17) is 5.73 Å². The first kappa shape index (κ1) is 14.6. The summed E-state index contributed by atoms with van der Waals surface area (Å²) in [5.41, 5.74) is 6.65. The highest BCUT2D eigenvalue weighted by Crippen LogP contribution is 2.21. The van der Waals surface area contributed by atoms with Gasteiger partial charge in [-0.1, -0.05) is 20.3 Å². The van der Waals surface area contributed by atoms with Crippen LogP contribution < -0.4 is 10.6 Å². The Hall–Kier alpha value is -1.78. The summed E-state index contributed by atoms with van der Waals surface area (Å²) in [4.78, 5) is 20.6. The van der Waals surface area contributed by atoms with Crippen molar-refractivity contribution in [3.63, 3.8) is 0 Å². The number of carbonyl (C=O) groups is 1. The fraction of sp³-hybridized carbons (Fsp3) is 0.600. The summed E-state index contributed by atoms with van der Waals surface area (Å²) in [6.07, 6.45) is 3.46. The molecule has 1 aromatic rings. The predicted octanol–water partition coefficient (Wildman–Crippen LogP) is 1.75. The van der Waals surface area contributed by atoms with Gasteiger partial charge in [-0.05, 0) is 18.1 Å². The van der Waals surface area contributed by atoms with Crippen LogP contribution in [0, 0.1) is 5.92 Å². The van der Waals surface area contributed by atoms with E-state index < -0.39 is 0 Å². The number of anilines is 2. The zero-order valence-corrected chi connectivity index (χ0v) is 12.4. The van der Waals surface area contributed by atoms with Crippen molar-refractivity contribution >= 4 is 17.4 Å². The highest BCUT2D eigenvalue weighted by molar-refractivity contribution is 5.77. The summed E-state index contributed by atoms with van der Waals surface area (Å²) in [7, 11) is 0. The van der Waals surface area contributed by atoms with Crippen LogP contribution in [-0.4, -0.2) is 42.0 Å². The maximum absolute atomic E-state index is 12.1. The summed E-state index contributed by atoms with van der Waals surface area (Å²) < 4.78 is 0. The highest BCUT2D eigenvalue weighted by Gasteiger charge is 2.23. The van der Waals surface area contributed by atoms with Crippen LogP contribution in [0.2, 0.25) is 0 Å². The number of amides is 1. The second-order valence-electron chi connectivity index (χ2n) is 5.50. The minimum Gasteiger partial charge on any atom is -0.396 e. The van der Waals surface area contributed by atoms with Crippen LogP contribution in [0.5, 0.6) is 0 Å². The number of pyridine rings is 1. The molecule has 5 heteroatoms. The first-order chi connectivity index (χ1) is 9.61. The van der Waals surface area contributed by atoms with Crippen LogP contribution in [0.3, 0.4) is 0 Å². The summed E-state index contributed by atoms with van der Waals surface area (Å²) >= 11 is 0. The van der Waals surface area contributed by atoms with E-state index in [-0.39, 0.29) is 5.91 Å². The molecule has 0 spiro atoms. The number of rotatable bonds is 4. The fourth-order valence-corrected chi connectivity index (χ4v) is 2.41. The molecule has 1 saturated heterocycles. The van der Waals surface area contributed by atoms with Gasteiger partial charge in [0.15, 0.2) is 5.82 Å². The Bertz CT molecular complexity index is 455. The van der Waals surface area contributed by atoms with E-state index in [0.717, 1.165) is 38.4 Å². The Kier molecular flexibility index (Phi) is 4.82. The lowest BCUT2D eigenvalue weighted by atomic mass is 10.0. The Labute approximate surface area is 120 Å². The van der Waals surface area contributed by atoms with Gasteiger partial charge in [-0.2, -0.15) is 0 Å². The second-order valence-corrected chi connectivity index (χ2v) is 5.50. The zero-order chi connectivity index (χ0) is 14.5. The molecule has 1 aromatic heterocycles. The van der Waals surface area contributed by atoms with Crippen LogP contribution in [0.4, 0.5) is 11.5 Å². The summed E-state index contributed by atoms with van der Waals surface area (Å²) in [6.45, 7) is 7.36. The molecule has 0 radical (unpaired) electrons. The van der Waals surface area contributed by atoms with Gasteiger partial charge in [0.2, 0.25) is 5.91 Å². The largest absolute Gasteiger partial charge is 0.396 e. The van der Waals surface area contributed by atoms with Crippen molar-refractivity contribution in [3.8, 4) is 0 Å². The number of nitrogens with two attached hydrogens (primary N) is 1. The summed E-state index contributed by atoms with van der Waals surface area (Å²) in [5.74, 6) is 1.57. The molecule has 20 heavy (non-hydrogen) atoms. The first-order valence-corrected chi connectivity index (χ1v) is 7.35. The van der Waals surface area contributed by atoms with Gasteiger partial charge in [0.05, 0.1) is 5.69 Å². The molecule has 5 nitrogen and oxygen atoms in total. The molecule has 1 atom stereocenters. The van der Waals surface area contributed by atoms with Crippen molar-refractivity contribution in [2.75, 3.05) is 36.8 Å². The molecular formula is C15H24N4O. The van der Waals surface area contributed by atoms with E-state index in [1.165, 1.54) is 0 Å². The van der Waals surface area contributed by atoms with Crippen LogP contribution in [0.15, 0.2) is 18.3 Å². The second kappa shape index (κ2) is 6.59. The van der Waals surface area contributed by atoms with Gasteiger partial charge in [0, 0.05) is 38.8 Å². The normalized spacial score (nSPS) is 17.1. The minimum absolute atomic E-state index is 0.271. The Balaban J connectivity index is 1.89. The quantitative estimate of drug-likeness (QED) is 0.910. The smallest absolute Gasteiger partial charge is 0.222 e. The van der Waals surface area contributed by atoms with Crippen molar-refractivity contribution in [1.29, 1.82) is 0 Å². The number of hydrogen-bond donors (Lipinski definition) is 1. The number of nitrogens with zero attached hydrogens (tertiary/aromatic N) is 3. The van der Waals surface area contributed by atoms with Crippen molar-refractivity contribution in [3.05, 3.63) is 18.3 Å². The van der Waals surface area contributed by atoms with Gasteiger partial charge in [-0.3, -0.25) is 4.79 Å². The maximum Gasteiger partial charge on any atom is 0.222 e. The van der Waals surface area contributed by atoms with E-state index in [1.807, 2.05) is 17.0 Å². The molecular weight excluding hydrogens is 252 g/mol. The van der Waals surface area contributed by atoms with Gasteiger partial charge < -0.3 is 15.5 Å². The minimum atomic E-state index is 0.271. The molecule has 1 fully saturated rings. The molecule has 1 aliphatic rings. The third kappa shape index (κ3) is 3.40. The monoisotopic (exact) mass is 276 g/mol. The van der Waals surface area contributed by atoms with Crippen LogP contribution in [0.25, 0.3) is 0 Å². The van der Waals surface area contributed by atoms with Crippen LogP contribution >= 0.6 is 0 Å². The van der Waals surface area contributed by atoms with Gasteiger partial charge in [-0.25, -0.2) is 4.98 Å². The lowest BCUT2D eigenvalue weighted by Crippen LogP contribution is -2.49. The fourth-order valence-electron chi connectivity index (χ4n) is 2.41. The molecule has 0 aromatic carbocycles. The maximum atomic E-state index is 12.1. The Morgan fingerprint density at radius 1 is 1.40 bits per heavy atom.